The number of hydrogen-bond donors (Lipinski definition) is 0. The number of likely N-dealkylation sites (tertiary alicyclic amines) is 2. The van der Waals surface area contributed by atoms with Crippen molar-refractivity contribution in [2.45, 2.75) is 25.8 Å². The third-order valence-electron chi connectivity index (χ3n) is 5.04. The highest BCUT2D eigenvalue weighted by molar-refractivity contribution is 7.09. The predicted octanol–water partition coefficient (Wildman–Crippen LogP) is 1.65. The zero-order valence-corrected chi connectivity index (χ0v) is 14.8. The van der Waals surface area contributed by atoms with E-state index in [1.807, 2.05) is 0 Å². The molecule has 0 unspecified atom stereocenters. The van der Waals surface area contributed by atoms with E-state index in [4.69, 9.17) is 0 Å². The van der Waals surface area contributed by atoms with Crippen molar-refractivity contribution in [2.75, 3.05) is 40.3 Å². The summed E-state index contributed by atoms with van der Waals surface area (Å²) in [6, 6.07) is 4.24. The lowest BCUT2D eigenvalue weighted by Gasteiger charge is -2.38. The minimum absolute atomic E-state index is 0.00153. The van der Waals surface area contributed by atoms with Crippen LogP contribution in [0.1, 0.15) is 24.1 Å². The molecular formula is C17H25N3O2S. The van der Waals surface area contributed by atoms with Gasteiger partial charge in [0.25, 0.3) is 0 Å². The average molecular weight is 335 g/mol. The Hall–Kier alpha value is -1.40. The number of thiophene rings is 1. The summed E-state index contributed by atoms with van der Waals surface area (Å²) in [4.78, 5) is 31.9. The molecule has 1 aromatic rings. The minimum Gasteiger partial charge on any atom is -0.347 e. The molecule has 0 radical (unpaired) electrons. The molecule has 0 saturated carbocycles. The van der Waals surface area contributed by atoms with Gasteiger partial charge in [0.2, 0.25) is 11.8 Å². The highest BCUT2D eigenvalue weighted by atomic mass is 32.1. The van der Waals surface area contributed by atoms with E-state index in [2.05, 4.69) is 22.4 Å². The quantitative estimate of drug-likeness (QED) is 0.840. The smallest absolute Gasteiger partial charge is 0.241 e. The summed E-state index contributed by atoms with van der Waals surface area (Å²) in [5, 5.41) is 2.10. The third kappa shape index (κ3) is 3.43. The van der Waals surface area contributed by atoms with Gasteiger partial charge >= 0.3 is 0 Å². The number of carbonyl (C=O) groups excluding carboxylic acids is 2. The molecule has 1 spiro atoms. The topological polar surface area (TPSA) is 43.9 Å². The Balaban J connectivity index is 1.64. The summed E-state index contributed by atoms with van der Waals surface area (Å²) in [6.07, 6.45) is 2.90. The van der Waals surface area contributed by atoms with E-state index in [-0.39, 0.29) is 23.8 Å². The SMILES string of the molecule is CN(C)C(=O)CN1CC[C@]2(CCCN(Cc3cccs3)C2)C1=O. The van der Waals surface area contributed by atoms with Gasteiger partial charge in [0.05, 0.1) is 12.0 Å². The molecule has 0 aromatic carbocycles. The molecule has 2 aliphatic rings. The van der Waals surface area contributed by atoms with Crippen LogP contribution < -0.4 is 0 Å². The van der Waals surface area contributed by atoms with Gasteiger partial charge in [-0.25, -0.2) is 0 Å². The fourth-order valence-electron chi connectivity index (χ4n) is 3.71. The molecule has 3 rings (SSSR count). The molecule has 0 aliphatic carbocycles. The van der Waals surface area contributed by atoms with E-state index in [1.54, 1.807) is 35.2 Å². The standard InChI is InChI=1S/C17H25N3O2S/c1-18(2)15(21)12-20-9-7-17(16(20)22)6-4-8-19(13-17)11-14-5-3-10-23-14/h3,5,10H,4,6-9,11-13H2,1-2H3/t17-/m0/s1. The van der Waals surface area contributed by atoms with Gasteiger partial charge in [-0.2, -0.15) is 0 Å². The second-order valence-electron chi connectivity index (χ2n) is 6.94. The highest BCUT2D eigenvalue weighted by Crippen LogP contribution is 2.40. The van der Waals surface area contributed by atoms with Crippen LogP contribution >= 0.6 is 11.3 Å². The number of hydrogen-bond acceptors (Lipinski definition) is 4. The molecule has 126 valence electrons. The van der Waals surface area contributed by atoms with Crippen molar-refractivity contribution >= 4 is 23.2 Å². The van der Waals surface area contributed by atoms with Crippen LogP contribution in [0, 0.1) is 5.41 Å². The first-order valence-electron chi connectivity index (χ1n) is 8.24. The zero-order valence-electron chi connectivity index (χ0n) is 14.0. The molecule has 1 aromatic heterocycles. The van der Waals surface area contributed by atoms with Gasteiger partial charge < -0.3 is 9.80 Å². The fourth-order valence-corrected chi connectivity index (χ4v) is 4.46. The molecule has 0 N–H and O–H groups in total. The van der Waals surface area contributed by atoms with E-state index in [9.17, 15) is 9.59 Å². The Morgan fingerprint density at radius 3 is 2.87 bits per heavy atom. The predicted molar refractivity (Wildman–Crippen MR) is 91.2 cm³/mol. The van der Waals surface area contributed by atoms with E-state index >= 15 is 0 Å². The highest BCUT2D eigenvalue weighted by Gasteiger charge is 2.49. The van der Waals surface area contributed by atoms with Gasteiger partial charge in [0, 0.05) is 38.6 Å². The molecular weight excluding hydrogens is 310 g/mol. The van der Waals surface area contributed by atoms with Crippen LogP contribution in [0.3, 0.4) is 0 Å². The first-order valence-corrected chi connectivity index (χ1v) is 9.12. The molecule has 2 fully saturated rings. The lowest BCUT2D eigenvalue weighted by atomic mass is 9.78. The first kappa shape index (κ1) is 16.5. The monoisotopic (exact) mass is 335 g/mol. The normalized spacial score (nSPS) is 25.3. The van der Waals surface area contributed by atoms with Crippen LogP contribution in [0.4, 0.5) is 0 Å². The van der Waals surface area contributed by atoms with Crippen LogP contribution in [0.25, 0.3) is 0 Å². The summed E-state index contributed by atoms with van der Waals surface area (Å²) in [6.45, 7) is 3.76. The zero-order chi connectivity index (χ0) is 16.4. The van der Waals surface area contributed by atoms with Crippen molar-refractivity contribution in [2.24, 2.45) is 5.41 Å². The molecule has 6 heteroatoms. The maximum absolute atomic E-state index is 12.9. The molecule has 2 amide bonds. The van der Waals surface area contributed by atoms with Crippen LogP contribution in [-0.4, -0.2) is 66.8 Å². The van der Waals surface area contributed by atoms with Crippen molar-refractivity contribution in [1.29, 1.82) is 0 Å². The first-order chi connectivity index (χ1) is 11.0. The molecule has 1 atom stereocenters. The molecule has 3 heterocycles. The lowest BCUT2D eigenvalue weighted by Crippen LogP contribution is -2.48. The van der Waals surface area contributed by atoms with Crippen molar-refractivity contribution < 1.29 is 9.59 Å². The van der Waals surface area contributed by atoms with Gasteiger partial charge in [-0.1, -0.05) is 6.07 Å². The average Bonchev–Trinajstić information content (AvgIpc) is 3.12. The van der Waals surface area contributed by atoms with Crippen LogP contribution in [0.5, 0.6) is 0 Å². The number of carbonyl (C=O) groups is 2. The number of piperidine rings is 1. The third-order valence-corrected chi connectivity index (χ3v) is 5.90. The summed E-state index contributed by atoms with van der Waals surface area (Å²) >= 11 is 1.77. The van der Waals surface area contributed by atoms with Gasteiger partial charge in [-0.05, 0) is 37.3 Å². The van der Waals surface area contributed by atoms with E-state index in [1.165, 1.54) is 4.88 Å². The molecule has 5 nitrogen and oxygen atoms in total. The van der Waals surface area contributed by atoms with Crippen molar-refractivity contribution in [3.63, 3.8) is 0 Å². The van der Waals surface area contributed by atoms with Gasteiger partial charge in [0.15, 0.2) is 0 Å². The van der Waals surface area contributed by atoms with Crippen LogP contribution in [0.15, 0.2) is 17.5 Å². The lowest BCUT2D eigenvalue weighted by molar-refractivity contribution is -0.143. The fraction of sp³-hybridized carbons (Fsp3) is 0.647. The van der Waals surface area contributed by atoms with Gasteiger partial charge in [-0.15, -0.1) is 11.3 Å². The maximum Gasteiger partial charge on any atom is 0.241 e. The van der Waals surface area contributed by atoms with Crippen LogP contribution in [0.2, 0.25) is 0 Å². The van der Waals surface area contributed by atoms with E-state index < -0.39 is 0 Å². The van der Waals surface area contributed by atoms with Gasteiger partial charge in [0.1, 0.15) is 0 Å². The number of likely N-dealkylation sites (N-methyl/N-ethyl adjacent to an activating group) is 1. The van der Waals surface area contributed by atoms with E-state index in [0.717, 1.165) is 38.9 Å². The Morgan fingerprint density at radius 2 is 2.17 bits per heavy atom. The summed E-state index contributed by atoms with van der Waals surface area (Å²) < 4.78 is 0. The number of nitrogens with zero attached hydrogens (tertiary/aromatic N) is 3. The summed E-state index contributed by atoms with van der Waals surface area (Å²) in [5.74, 6) is 0.185. The largest absolute Gasteiger partial charge is 0.347 e. The van der Waals surface area contributed by atoms with Crippen LogP contribution in [-0.2, 0) is 16.1 Å². The molecule has 2 aliphatic heterocycles. The molecule has 23 heavy (non-hydrogen) atoms. The summed E-state index contributed by atoms with van der Waals surface area (Å²) in [5.41, 5.74) is -0.262. The molecule has 2 saturated heterocycles. The summed E-state index contributed by atoms with van der Waals surface area (Å²) in [7, 11) is 3.48. The van der Waals surface area contributed by atoms with Gasteiger partial charge in [-0.3, -0.25) is 14.5 Å². The Morgan fingerprint density at radius 1 is 1.35 bits per heavy atom. The van der Waals surface area contributed by atoms with Crippen molar-refractivity contribution in [1.82, 2.24) is 14.7 Å². The number of rotatable bonds is 4. The Bertz CT molecular complexity index is 572. The minimum atomic E-state index is -0.262. The Labute approximate surface area is 141 Å². The number of amides is 2. The second-order valence-corrected chi connectivity index (χ2v) is 7.97. The Kier molecular flexibility index (Phi) is 4.73. The maximum atomic E-state index is 12.9. The second kappa shape index (κ2) is 6.61. The van der Waals surface area contributed by atoms with Crippen molar-refractivity contribution in [3.8, 4) is 0 Å². The van der Waals surface area contributed by atoms with E-state index in [0.29, 0.717) is 6.54 Å². The molecule has 0 bridgehead atoms. The van der Waals surface area contributed by atoms with Crippen molar-refractivity contribution in [3.05, 3.63) is 22.4 Å².